The molecule has 1 amide bonds. The highest BCUT2D eigenvalue weighted by Gasteiger charge is 2.20. The van der Waals surface area contributed by atoms with Gasteiger partial charge in [0.15, 0.2) is 0 Å². The molecule has 0 radical (unpaired) electrons. The van der Waals surface area contributed by atoms with Crippen molar-refractivity contribution >= 4 is 17.6 Å². The number of hydrogen-bond acceptors (Lipinski definition) is 4. The van der Waals surface area contributed by atoms with Crippen LogP contribution in [-0.4, -0.2) is 23.5 Å². The first-order chi connectivity index (χ1) is 12.8. The van der Waals surface area contributed by atoms with Gasteiger partial charge in [-0.25, -0.2) is 0 Å². The summed E-state index contributed by atoms with van der Waals surface area (Å²) in [5, 5.41) is 0. The Kier molecular flexibility index (Phi) is 6.55. The predicted molar refractivity (Wildman–Crippen MR) is 106 cm³/mol. The van der Waals surface area contributed by atoms with Crippen LogP contribution in [0.2, 0.25) is 0 Å². The lowest BCUT2D eigenvalue weighted by atomic mass is 10.1. The molecule has 0 aliphatic rings. The predicted octanol–water partition coefficient (Wildman–Crippen LogP) is 3.47. The minimum atomic E-state index is -0.407. The number of benzene rings is 1. The van der Waals surface area contributed by atoms with Crippen molar-refractivity contribution in [1.82, 2.24) is 4.57 Å². The van der Waals surface area contributed by atoms with Crippen molar-refractivity contribution in [2.45, 2.75) is 47.1 Å². The largest absolute Gasteiger partial charge is 0.427 e. The maximum atomic E-state index is 12.9. The molecule has 0 saturated carbocycles. The minimum Gasteiger partial charge on any atom is -0.427 e. The third-order valence-electron chi connectivity index (χ3n) is 4.57. The van der Waals surface area contributed by atoms with Gasteiger partial charge in [0.1, 0.15) is 11.3 Å². The van der Waals surface area contributed by atoms with E-state index in [0.717, 1.165) is 24.1 Å². The Morgan fingerprint density at radius 3 is 2.33 bits per heavy atom. The second-order valence-electron chi connectivity index (χ2n) is 6.59. The number of unbranched alkanes of at least 4 members (excludes halogenated alkanes) is 1. The molecule has 0 spiro atoms. The minimum absolute atomic E-state index is 0.153. The van der Waals surface area contributed by atoms with Gasteiger partial charge in [0, 0.05) is 31.9 Å². The molecule has 27 heavy (non-hydrogen) atoms. The van der Waals surface area contributed by atoms with Crippen LogP contribution in [0.1, 0.15) is 48.3 Å². The molecule has 144 valence electrons. The zero-order chi connectivity index (χ0) is 20.1. The van der Waals surface area contributed by atoms with Crippen molar-refractivity contribution in [3.63, 3.8) is 0 Å². The van der Waals surface area contributed by atoms with Gasteiger partial charge in [0.05, 0.1) is 0 Å². The molecule has 1 aromatic heterocycles. The number of rotatable bonds is 6. The van der Waals surface area contributed by atoms with E-state index in [9.17, 15) is 14.4 Å². The fraction of sp³-hybridized carbons (Fsp3) is 0.381. The normalized spacial score (nSPS) is 10.6. The van der Waals surface area contributed by atoms with E-state index in [0.29, 0.717) is 18.0 Å². The molecular weight excluding hydrogens is 344 g/mol. The lowest BCUT2D eigenvalue weighted by Gasteiger charge is -2.20. The quantitative estimate of drug-likeness (QED) is 0.577. The summed E-state index contributed by atoms with van der Waals surface area (Å²) in [6.45, 7) is 7.80. The number of nitrogens with zero attached hydrogens (tertiary/aromatic N) is 2. The van der Waals surface area contributed by atoms with Crippen molar-refractivity contribution in [1.29, 1.82) is 0 Å². The molecule has 0 atom stereocenters. The van der Waals surface area contributed by atoms with Gasteiger partial charge in [0.2, 0.25) is 0 Å². The lowest BCUT2D eigenvalue weighted by molar-refractivity contribution is -0.131. The van der Waals surface area contributed by atoms with E-state index in [-0.39, 0.29) is 17.0 Å². The fourth-order valence-electron chi connectivity index (χ4n) is 2.83. The van der Waals surface area contributed by atoms with Gasteiger partial charge in [0.25, 0.3) is 11.5 Å². The molecule has 0 bridgehead atoms. The second kappa shape index (κ2) is 8.66. The third-order valence-corrected chi connectivity index (χ3v) is 4.57. The summed E-state index contributed by atoms with van der Waals surface area (Å²) >= 11 is 0. The zero-order valence-electron chi connectivity index (χ0n) is 16.5. The summed E-state index contributed by atoms with van der Waals surface area (Å²) in [5.41, 5.74) is 2.29. The summed E-state index contributed by atoms with van der Waals surface area (Å²) in [6, 6.07) is 8.23. The molecule has 0 N–H and O–H groups in total. The molecule has 0 unspecified atom stereocenters. The van der Waals surface area contributed by atoms with Crippen LogP contribution in [0.3, 0.4) is 0 Å². The Morgan fingerprint density at radius 1 is 1.15 bits per heavy atom. The molecule has 6 nitrogen and oxygen atoms in total. The number of aryl methyl sites for hydroxylation is 1. The topological polar surface area (TPSA) is 68.6 Å². The third kappa shape index (κ3) is 4.64. The van der Waals surface area contributed by atoms with Gasteiger partial charge in [-0.2, -0.15) is 0 Å². The molecule has 2 rings (SSSR count). The van der Waals surface area contributed by atoms with Crippen molar-refractivity contribution in [3.05, 3.63) is 57.5 Å². The van der Waals surface area contributed by atoms with Crippen LogP contribution in [0.25, 0.3) is 0 Å². The number of ether oxygens (including phenoxy) is 1. The van der Waals surface area contributed by atoms with Crippen LogP contribution in [0.15, 0.2) is 35.1 Å². The van der Waals surface area contributed by atoms with E-state index < -0.39 is 5.97 Å². The number of aromatic nitrogens is 1. The molecule has 6 heteroatoms. The highest BCUT2D eigenvalue weighted by Crippen LogP contribution is 2.20. The van der Waals surface area contributed by atoms with Crippen LogP contribution in [-0.2, 0) is 11.3 Å². The number of pyridine rings is 1. The molecule has 0 aliphatic heterocycles. The number of esters is 1. The van der Waals surface area contributed by atoms with Gasteiger partial charge < -0.3 is 14.2 Å². The van der Waals surface area contributed by atoms with E-state index in [4.69, 9.17) is 4.74 Å². The van der Waals surface area contributed by atoms with Gasteiger partial charge in [-0.3, -0.25) is 14.4 Å². The van der Waals surface area contributed by atoms with E-state index in [1.165, 1.54) is 11.8 Å². The van der Waals surface area contributed by atoms with Gasteiger partial charge in [-0.05, 0) is 56.2 Å². The first-order valence-electron chi connectivity index (χ1n) is 9.03. The maximum absolute atomic E-state index is 12.9. The van der Waals surface area contributed by atoms with Crippen molar-refractivity contribution in [2.75, 3.05) is 11.9 Å². The molecule has 0 fully saturated rings. The van der Waals surface area contributed by atoms with Crippen LogP contribution < -0.4 is 15.2 Å². The number of amides is 1. The van der Waals surface area contributed by atoms with E-state index in [1.807, 2.05) is 13.8 Å². The highest BCUT2D eigenvalue weighted by molar-refractivity contribution is 6.05. The maximum Gasteiger partial charge on any atom is 0.308 e. The summed E-state index contributed by atoms with van der Waals surface area (Å²) in [6.07, 6.45) is 1.85. The SMILES string of the molecule is CCCCn1c(C)c(C)cc(C(=O)N(C)c2ccc(OC(C)=O)cc2)c1=O. The van der Waals surface area contributed by atoms with E-state index in [2.05, 4.69) is 6.92 Å². The first kappa shape index (κ1) is 20.4. The Hall–Kier alpha value is -2.89. The number of carbonyl (C=O) groups excluding carboxylic acids is 2. The summed E-state index contributed by atoms with van der Waals surface area (Å²) in [4.78, 5) is 38.2. The van der Waals surface area contributed by atoms with Crippen LogP contribution >= 0.6 is 0 Å². The zero-order valence-corrected chi connectivity index (χ0v) is 16.5. The van der Waals surface area contributed by atoms with Gasteiger partial charge in [-0.1, -0.05) is 13.3 Å². The highest BCUT2D eigenvalue weighted by atomic mass is 16.5. The summed E-state index contributed by atoms with van der Waals surface area (Å²) < 4.78 is 6.68. The number of anilines is 1. The standard InChI is InChI=1S/C21H26N2O4/c1-6-7-12-23-15(3)14(2)13-19(21(23)26)20(25)22(5)17-8-10-18(11-9-17)27-16(4)24/h8-11,13H,6-7,12H2,1-5H3. The molecule has 0 aliphatic carbocycles. The first-order valence-corrected chi connectivity index (χ1v) is 9.03. The lowest BCUT2D eigenvalue weighted by Crippen LogP contribution is -2.35. The average Bonchev–Trinajstić information content (AvgIpc) is 2.63. The van der Waals surface area contributed by atoms with E-state index in [1.54, 1.807) is 41.9 Å². The Morgan fingerprint density at radius 2 is 1.78 bits per heavy atom. The Balaban J connectivity index is 2.35. The molecule has 1 aromatic carbocycles. The average molecular weight is 370 g/mol. The second-order valence-corrected chi connectivity index (χ2v) is 6.59. The molecular formula is C21H26N2O4. The number of carbonyl (C=O) groups is 2. The van der Waals surface area contributed by atoms with E-state index >= 15 is 0 Å². The monoisotopic (exact) mass is 370 g/mol. The molecule has 2 aromatic rings. The van der Waals surface area contributed by atoms with Gasteiger partial charge >= 0.3 is 5.97 Å². The van der Waals surface area contributed by atoms with Crippen LogP contribution in [0.4, 0.5) is 5.69 Å². The smallest absolute Gasteiger partial charge is 0.308 e. The van der Waals surface area contributed by atoms with Crippen LogP contribution in [0.5, 0.6) is 5.75 Å². The fourth-order valence-corrected chi connectivity index (χ4v) is 2.83. The Labute approximate surface area is 159 Å². The Bertz CT molecular complexity index is 898. The van der Waals surface area contributed by atoms with Crippen LogP contribution in [0, 0.1) is 13.8 Å². The number of hydrogen-bond donors (Lipinski definition) is 0. The summed E-state index contributed by atoms with van der Waals surface area (Å²) in [5.74, 6) is -0.372. The van der Waals surface area contributed by atoms with Crippen molar-refractivity contribution in [3.8, 4) is 5.75 Å². The van der Waals surface area contributed by atoms with Crippen molar-refractivity contribution in [2.24, 2.45) is 0 Å². The molecule has 1 heterocycles. The van der Waals surface area contributed by atoms with Crippen molar-refractivity contribution < 1.29 is 14.3 Å². The van der Waals surface area contributed by atoms with Gasteiger partial charge in [-0.15, -0.1) is 0 Å². The molecule has 0 saturated heterocycles. The summed E-state index contributed by atoms with van der Waals surface area (Å²) in [7, 11) is 1.62.